The molecule has 0 aliphatic carbocycles. The van der Waals surface area contributed by atoms with Crippen LogP contribution in [0.15, 0.2) is 18.2 Å². The molecule has 1 atom stereocenters. The summed E-state index contributed by atoms with van der Waals surface area (Å²) in [6.07, 6.45) is 1.35. The number of nitrogens with one attached hydrogen (secondary N) is 2. The van der Waals surface area contributed by atoms with E-state index in [1.807, 2.05) is 0 Å². The Labute approximate surface area is 165 Å². The van der Waals surface area contributed by atoms with Gasteiger partial charge in [0, 0.05) is 6.54 Å². The van der Waals surface area contributed by atoms with Crippen molar-refractivity contribution >= 4 is 17.8 Å². The number of carbonyl (C=O) groups is 3. The minimum absolute atomic E-state index is 0.244. The van der Waals surface area contributed by atoms with Gasteiger partial charge in [0.25, 0.3) is 5.91 Å². The van der Waals surface area contributed by atoms with Gasteiger partial charge in [0.2, 0.25) is 5.91 Å². The summed E-state index contributed by atoms with van der Waals surface area (Å²) in [7, 11) is 3.08. The first kappa shape index (κ1) is 21.5. The van der Waals surface area contributed by atoms with Gasteiger partial charge in [-0.25, -0.2) is 4.79 Å². The smallest absolute Gasteiger partial charge is 0.325 e. The molecule has 0 unspecified atom stereocenters. The number of hydrogen-bond donors (Lipinski definition) is 2. The minimum atomic E-state index is -0.953. The Morgan fingerprint density at radius 2 is 1.89 bits per heavy atom. The van der Waals surface area contributed by atoms with Crippen LogP contribution in [0.2, 0.25) is 0 Å². The molecule has 1 aliphatic heterocycles. The lowest BCUT2D eigenvalue weighted by molar-refractivity contribution is -0.134. The third-order valence-electron chi connectivity index (χ3n) is 4.81. The van der Waals surface area contributed by atoms with E-state index in [9.17, 15) is 14.4 Å². The first-order valence-corrected chi connectivity index (χ1v) is 9.32. The van der Waals surface area contributed by atoms with Gasteiger partial charge in [-0.3, -0.25) is 14.5 Å². The first-order chi connectivity index (χ1) is 13.2. The molecule has 2 rings (SSSR count). The Kier molecular flexibility index (Phi) is 6.88. The fourth-order valence-corrected chi connectivity index (χ4v) is 3.03. The molecule has 0 aromatic heterocycles. The number of carbonyl (C=O) groups excluding carboxylic acids is 3. The number of hydrogen-bond acceptors (Lipinski definition) is 5. The first-order valence-electron chi connectivity index (χ1n) is 9.32. The monoisotopic (exact) mass is 391 g/mol. The molecule has 0 bridgehead atoms. The van der Waals surface area contributed by atoms with Crippen LogP contribution in [0, 0.1) is 5.92 Å². The molecule has 2 N–H and O–H groups in total. The van der Waals surface area contributed by atoms with E-state index >= 15 is 0 Å². The van der Waals surface area contributed by atoms with E-state index in [-0.39, 0.29) is 19.0 Å². The second kappa shape index (κ2) is 8.95. The van der Waals surface area contributed by atoms with Crippen molar-refractivity contribution in [3.05, 3.63) is 23.8 Å². The summed E-state index contributed by atoms with van der Waals surface area (Å²) in [5, 5.41) is 5.44. The fourth-order valence-electron chi connectivity index (χ4n) is 3.03. The van der Waals surface area contributed by atoms with Crippen molar-refractivity contribution in [2.45, 2.75) is 45.7 Å². The average molecular weight is 391 g/mol. The summed E-state index contributed by atoms with van der Waals surface area (Å²) in [4.78, 5) is 38.1. The lowest BCUT2D eigenvalue weighted by Crippen LogP contribution is -2.45. The van der Waals surface area contributed by atoms with Crippen molar-refractivity contribution in [3.63, 3.8) is 0 Å². The number of amides is 4. The second-order valence-corrected chi connectivity index (χ2v) is 7.55. The molecule has 0 saturated carbocycles. The summed E-state index contributed by atoms with van der Waals surface area (Å²) in [6.45, 7) is 5.76. The van der Waals surface area contributed by atoms with Gasteiger partial charge in [0.05, 0.1) is 14.2 Å². The van der Waals surface area contributed by atoms with Gasteiger partial charge in [0.1, 0.15) is 12.1 Å². The summed E-state index contributed by atoms with van der Waals surface area (Å²) in [6, 6.07) is 4.78. The highest BCUT2D eigenvalue weighted by Gasteiger charge is 2.47. The van der Waals surface area contributed by atoms with Crippen molar-refractivity contribution in [1.29, 1.82) is 0 Å². The molecule has 1 aromatic carbocycles. The van der Waals surface area contributed by atoms with Crippen molar-refractivity contribution < 1.29 is 23.9 Å². The van der Waals surface area contributed by atoms with Crippen LogP contribution in [0.1, 0.15) is 39.2 Å². The third kappa shape index (κ3) is 4.94. The van der Waals surface area contributed by atoms with Crippen molar-refractivity contribution in [3.8, 4) is 11.5 Å². The second-order valence-electron chi connectivity index (χ2n) is 7.55. The zero-order chi connectivity index (χ0) is 20.9. The molecule has 0 radical (unpaired) electrons. The van der Waals surface area contributed by atoms with Crippen LogP contribution in [0.3, 0.4) is 0 Å². The molecular formula is C20H29N3O5. The lowest BCUT2D eigenvalue weighted by Gasteiger charge is -2.22. The third-order valence-corrected chi connectivity index (χ3v) is 4.81. The maximum absolute atomic E-state index is 12.6. The van der Waals surface area contributed by atoms with Crippen LogP contribution < -0.4 is 20.1 Å². The largest absolute Gasteiger partial charge is 0.493 e. The number of ether oxygens (including phenoxy) is 2. The summed E-state index contributed by atoms with van der Waals surface area (Å²) in [5.41, 5.74) is -0.143. The molecule has 4 amide bonds. The van der Waals surface area contributed by atoms with E-state index in [0.29, 0.717) is 23.8 Å². The highest BCUT2D eigenvalue weighted by molar-refractivity contribution is 6.08. The Bertz CT molecular complexity index is 749. The van der Waals surface area contributed by atoms with Crippen LogP contribution in [0.25, 0.3) is 0 Å². The number of imide groups is 1. The maximum atomic E-state index is 12.6. The fraction of sp³-hybridized carbons (Fsp3) is 0.550. The summed E-state index contributed by atoms with van der Waals surface area (Å²) in [5.74, 6) is 0.799. The molecule has 28 heavy (non-hydrogen) atoms. The maximum Gasteiger partial charge on any atom is 0.325 e. The van der Waals surface area contributed by atoms with E-state index < -0.39 is 17.5 Å². The van der Waals surface area contributed by atoms with E-state index in [4.69, 9.17) is 9.47 Å². The highest BCUT2D eigenvalue weighted by Crippen LogP contribution is 2.27. The predicted octanol–water partition coefficient (Wildman–Crippen LogP) is 2.07. The van der Waals surface area contributed by atoms with E-state index in [2.05, 4.69) is 24.5 Å². The Morgan fingerprint density at radius 3 is 2.50 bits per heavy atom. The molecule has 154 valence electrons. The Hall–Kier alpha value is -2.77. The molecule has 0 spiro atoms. The van der Waals surface area contributed by atoms with Crippen LogP contribution >= 0.6 is 0 Å². The van der Waals surface area contributed by atoms with Crippen LogP contribution in [0.5, 0.6) is 11.5 Å². The summed E-state index contributed by atoms with van der Waals surface area (Å²) >= 11 is 0. The molecule has 8 nitrogen and oxygen atoms in total. The molecule has 1 heterocycles. The molecule has 1 fully saturated rings. The van der Waals surface area contributed by atoms with E-state index in [1.165, 1.54) is 7.11 Å². The van der Waals surface area contributed by atoms with Crippen molar-refractivity contribution in [1.82, 2.24) is 15.5 Å². The van der Waals surface area contributed by atoms with Gasteiger partial charge in [-0.15, -0.1) is 0 Å². The normalized spacial score (nSPS) is 19.0. The van der Waals surface area contributed by atoms with Crippen LogP contribution in [-0.4, -0.2) is 49.0 Å². The number of urea groups is 1. The lowest BCUT2D eigenvalue weighted by atomic mass is 9.92. The quantitative estimate of drug-likeness (QED) is 0.628. The van der Waals surface area contributed by atoms with Gasteiger partial charge in [0.15, 0.2) is 11.5 Å². The minimum Gasteiger partial charge on any atom is -0.493 e. The SMILES string of the molecule is COc1ccc(CNC(=O)CN2C(=O)N[C@](C)(CCC(C)C)C2=O)cc1OC. The van der Waals surface area contributed by atoms with E-state index in [0.717, 1.165) is 16.9 Å². The molecule has 1 aliphatic rings. The highest BCUT2D eigenvalue weighted by atomic mass is 16.5. The molecular weight excluding hydrogens is 362 g/mol. The van der Waals surface area contributed by atoms with Crippen molar-refractivity contribution in [2.75, 3.05) is 20.8 Å². The van der Waals surface area contributed by atoms with E-state index in [1.54, 1.807) is 32.2 Å². The molecule has 1 aromatic rings. The number of benzene rings is 1. The average Bonchev–Trinajstić information content (AvgIpc) is 2.88. The number of rotatable bonds is 9. The van der Waals surface area contributed by atoms with Gasteiger partial charge < -0.3 is 20.1 Å². The zero-order valence-corrected chi connectivity index (χ0v) is 17.1. The summed E-state index contributed by atoms with van der Waals surface area (Å²) < 4.78 is 10.4. The Balaban J connectivity index is 1.94. The standard InChI is InChI=1S/C20H29N3O5/c1-13(2)8-9-20(3)18(25)23(19(26)22-20)12-17(24)21-11-14-6-7-15(27-4)16(10-14)28-5/h6-7,10,13H,8-9,11-12H2,1-5H3,(H,21,24)(H,22,26)/t20-/m1/s1. The van der Waals surface area contributed by atoms with Crippen LogP contribution in [0.4, 0.5) is 4.79 Å². The molecule has 8 heteroatoms. The number of nitrogens with zero attached hydrogens (tertiary/aromatic N) is 1. The number of methoxy groups -OCH3 is 2. The Morgan fingerprint density at radius 1 is 1.21 bits per heavy atom. The van der Waals surface area contributed by atoms with Gasteiger partial charge in [-0.2, -0.15) is 0 Å². The van der Waals surface area contributed by atoms with Crippen molar-refractivity contribution in [2.24, 2.45) is 5.92 Å². The predicted molar refractivity (Wildman–Crippen MR) is 104 cm³/mol. The molecule has 1 saturated heterocycles. The zero-order valence-electron chi connectivity index (χ0n) is 17.1. The van der Waals surface area contributed by atoms with Gasteiger partial charge in [-0.1, -0.05) is 19.9 Å². The van der Waals surface area contributed by atoms with Gasteiger partial charge in [-0.05, 0) is 43.4 Å². The van der Waals surface area contributed by atoms with Gasteiger partial charge >= 0.3 is 6.03 Å². The topological polar surface area (TPSA) is 97.0 Å². The van der Waals surface area contributed by atoms with Crippen LogP contribution in [-0.2, 0) is 16.1 Å².